The first-order valence-corrected chi connectivity index (χ1v) is 12.8. The maximum atomic E-state index is 13.4. The standard InChI is InChI=1S/C23H33N5O4S/c1-6-33(31,32)27-13-10-14-28-17(15-27)18(25-20(28)16-11-8-7-9-12-16)21(29)26-19(22(30)24-5)23(2,3)4/h7-9,11-12,19H,6,10,13-15H2,1-5H3,(H,24,30)(H,26,29)/t19-/m1/s1. The number of likely N-dealkylation sites (N-methyl/N-ethyl adjacent to an activating group) is 1. The number of amides is 2. The number of benzene rings is 1. The molecule has 1 atom stereocenters. The van der Waals surface area contributed by atoms with Crippen LogP contribution in [0.25, 0.3) is 11.4 Å². The van der Waals surface area contributed by atoms with Crippen molar-refractivity contribution in [3.05, 3.63) is 41.7 Å². The second-order valence-corrected chi connectivity index (χ2v) is 11.5. The predicted molar refractivity (Wildman–Crippen MR) is 127 cm³/mol. The molecule has 0 unspecified atom stereocenters. The predicted octanol–water partition coefficient (Wildman–Crippen LogP) is 2.00. The first-order valence-electron chi connectivity index (χ1n) is 11.1. The zero-order valence-corrected chi connectivity index (χ0v) is 20.7. The summed E-state index contributed by atoms with van der Waals surface area (Å²) in [5.41, 5.74) is 0.977. The Bertz CT molecular complexity index is 1120. The number of nitrogens with zero attached hydrogens (tertiary/aromatic N) is 3. The van der Waals surface area contributed by atoms with Crippen LogP contribution in [0.1, 0.15) is 50.3 Å². The van der Waals surface area contributed by atoms with E-state index in [-0.39, 0.29) is 23.9 Å². The number of imidazole rings is 1. The molecule has 1 aliphatic rings. The molecule has 180 valence electrons. The van der Waals surface area contributed by atoms with Gasteiger partial charge in [0.05, 0.1) is 18.0 Å². The van der Waals surface area contributed by atoms with Crippen molar-refractivity contribution >= 4 is 21.8 Å². The molecule has 0 fully saturated rings. The minimum Gasteiger partial charge on any atom is -0.357 e. The van der Waals surface area contributed by atoms with Gasteiger partial charge in [-0.2, -0.15) is 4.31 Å². The van der Waals surface area contributed by atoms with Gasteiger partial charge in [-0.05, 0) is 18.8 Å². The van der Waals surface area contributed by atoms with Crippen LogP contribution in [0, 0.1) is 5.41 Å². The summed E-state index contributed by atoms with van der Waals surface area (Å²) < 4.78 is 28.7. The van der Waals surface area contributed by atoms with Gasteiger partial charge in [0, 0.05) is 25.7 Å². The number of fused-ring (bicyclic) bond motifs is 1. The molecule has 0 aliphatic carbocycles. The number of sulfonamides is 1. The Balaban J connectivity index is 2.10. The van der Waals surface area contributed by atoms with Crippen molar-refractivity contribution in [2.75, 3.05) is 19.3 Å². The summed E-state index contributed by atoms with van der Waals surface area (Å²) in [6, 6.07) is 8.71. The summed E-state index contributed by atoms with van der Waals surface area (Å²) in [5, 5.41) is 5.43. The molecular formula is C23H33N5O4S. The van der Waals surface area contributed by atoms with Gasteiger partial charge in [0.1, 0.15) is 11.9 Å². The first-order chi connectivity index (χ1) is 15.5. The molecule has 0 radical (unpaired) electrons. The molecular weight excluding hydrogens is 442 g/mol. The van der Waals surface area contributed by atoms with Gasteiger partial charge in [0.2, 0.25) is 15.9 Å². The first kappa shape index (κ1) is 24.9. The molecule has 2 amide bonds. The fourth-order valence-corrected chi connectivity index (χ4v) is 5.06. The Hall–Kier alpha value is -2.72. The van der Waals surface area contributed by atoms with Crippen LogP contribution in [-0.4, -0.2) is 59.5 Å². The van der Waals surface area contributed by atoms with Crippen LogP contribution in [0.2, 0.25) is 0 Å². The van der Waals surface area contributed by atoms with Crippen LogP contribution in [0.4, 0.5) is 0 Å². The Labute approximate surface area is 195 Å². The Morgan fingerprint density at radius 3 is 2.39 bits per heavy atom. The van der Waals surface area contributed by atoms with E-state index in [9.17, 15) is 18.0 Å². The smallest absolute Gasteiger partial charge is 0.272 e. The lowest BCUT2D eigenvalue weighted by Gasteiger charge is -2.29. The third-order valence-corrected chi connectivity index (χ3v) is 7.67. The van der Waals surface area contributed by atoms with Gasteiger partial charge >= 0.3 is 0 Å². The van der Waals surface area contributed by atoms with Crippen LogP contribution >= 0.6 is 0 Å². The monoisotopic (exact) mass is 475 g/mol. The van der Waals surface area contributed by atoms with Crippen LogP contribution in [0.15, 0.2) is 30.3 Å². The topological polar surface area (TPSA) is 113 Å². The van der Waals surface area contributed by atoms with Crippen LogP contribution in [-0.2, 0) is 27.9 Å². The normalized spacial score (nSPS) is 15.9. The highest BCUT2D eigenvalue weighted by molar-refractivity contribution is 7.89. The van der Waals surface area contributed by atoms with Gasteiger partial charge in [-0.15, -0.1) is 0 Å². The van der Waals surface area contributed by atoms with Gasteiger partial charge in [-0.25, -0.2) is 13.4 Å². The third-order valence-electron chi connectivity index (χ3n) is 5.84. The fraction of sp³-hybridized carbons (Fsp3) is 0.522. The lowest BCUT2D eigenvalue weighted by atomic mass is 9.86. The average Bonchev–Trinajstić information content (AvgIpc) is 2.98. The fourth-order valence-electron chi connectivity index (χ4n) is 3.97. The zero-order valence-electron chi connectivity index (χ0n) is 19.9. The van der Waals surface area contributed by atoms with E-state index in [1.54, 1.807) is 6.92 Å². The van der Waals surface area contributed by atoms with E-state index >= 15 is 0 Å². The molecule has 2 heterocycles. The molecule has 2 N–H and O–H groups in total. The molecule has 1 aliphatic heterocycles. The van der Waals surface area contributed by atoms with Gasteiger partial charge in [0.15, 0.2) is 5.69 Å². The quantitative estimate of drug-likeness (QED) is 0.663. The summed E-state index contributed by atoms with van der Waals surface area (Å²) in [4.78, 5) is 30.6. The van der Waals surface area contributed by atoms with E-state index in [2.05, 4.69) is 15.6 Å². The van der Waals surface area contributed by atoms with Crippen molar-refractivity contribution in [3.8, 4) is 11.4 Å². The van der Waals surface area contributed by atoms with Gasteiger partial charge < -0.3 is 15.2 Å². The van der Waals surface area contributed by atoms with Crippen LogP contribution in [0.3, 0.4) is 0 Å². The number of rotatable bonds is 6. The summed E-state index contributed by atoms with van der Waals surface area (Å²) in [7, 11) is -1.93. The lowest BCUT2D eigenvalue weighted by molar-refractivity contribution is -0.124. The molecule has 2 aromatic rings. The van der Waals surface area contributed by atoms with E-state index in [0.717, 1.165) is 5.56 Å². The Morgan fingerprint density at radius 2 is 1.82 bits per heavy atom. The minimum atomic E-state index is -3.45. The maximum Gasteiger partial charge on any atom is 0.272 e. The Morgan fingerprint density at radius 1 is 1.15 bits per heavy atom. The highest BCUT2D eigenvalue weighted by Crippen LogP contribution is 2.28. The van der Waals surface area contributed by atoms with Gasteiger partial charge in [-0.1, -0.05) is 51.1 Å². The third kappa shape index (κ3) is 5.27. The molecule has 33 heavy (non-hydrogen) atoms. The van der Waals surface area contributed by atoms with E-state index < -0.39 is 27.4 Å². The molecule has 0 spiro atoms. The second-order valence-electron chi connectivity index (χ2n) is 9.22. The summed E-state index contributed by atoms with van der Waals surface area (Å²) in [5.74, 6) is -0.213. The molecule has 10 heteroatoms. The van der Waals surface area contributed by atoms with Crippen molar-refractivity contribution in [2.45, 2.75) is 53.2 Å². The minimum absolute atomic E-state index is 0.0169. The summed E-state index contributed by atoms with van der Waals surface area (Å²) in [6.07, 6.45) is 0.604. The van der Waals surface area contributed by atoms with E-state index in [1.807, 2.05) is 55.7 Å². The number of carbonyl (C=O) groups is 2. The maximum absolute atomic E-state index is 13.4. The van der Waals surface area contributed by atoms with Crippen molar-refractivity contribution < 1.29 is 18.0 Å². The largest absolute Gasteiger partial charge is 0.357 e. The van der Waals surface area contributed by atoms with E-state index in [1.165, 1.54) is 11.4 Å². The molecule has 1 aromatic carbocycles. The van der Waals surface area contributed by atoms with Crippen molar-refractivity contribution in [1.82, 2.24) is 24.5 Å². The lowest BCUT2D eigenvalue weighted by Crippen LogP contribution is -2.53. The molecule has 0 saturated heterocycles. The molecule has 3 rings (SSSR count). The van der Waals surface area contributed by atoms with Crippen LogP contribution < -0.4 is 10.6 Å². The Kier molecular flexibility index (Phi) is 7.28. The average molecular weight is 476 g/mol. The van der Waals surface area contributed by atoms with Crippen molar-refractivity contribution in [1.29, 1.82) is 0 Å². The number of aromatic nitrogens is 2. The molecule has 9 nitrogen and oxygen atoms in total. The highest BCUT2D eigenvalue weighted by Gasteiger charge is 2.35. The van der Waals surface area contributed by atoms with Crippen molar-refractivity contribution in [2.24, 2.45) is 5.41 Å². The number of hydrogen-bond acceptors (Lipinski definition) is 5. The SMILES string of the molecule is CCS(=O)(=O)N1CCCn2c(-c3ccccc3)nc(C(=O)N[C@H](C(=O)NC)C(C)(C)C)c2C1. The van der Waals surface area contributed by atoms with Crippen LogP contribution in [0.5, 0.6) is 0 Å². The molecule has 0 bridgehead atoms. The van der Waals surface area contributed by atoms with Gasteiger partial charge in [-0.3, -0.25) is 9.59 Å². The zero-order chi connectivity index (χ0) is 24.4. The second kappa shape index (κ2) is 9.64. The molecule has 1 aromatic heterocycles. The summed E-state index contributed by atoms with van der Waals surface area (Å²) in [6.45, 7) is 8.17. The highest BCUT2D eigenvalue weighted by atomic mass is 32.2. The summed E-state index contributed by atoms with van der Waals surface area (Å²) >= 11 is 0. The number of hydrogen-bond donors (Lipinski definition) is 2. The number of carbonyl (C=O) groups excluding carboxylic acids is 2. The molecule has 0 saturated carbocycles. The van der Waals surface area contributed by atoms with E-state index in [4.69, 9.17) is 0 Å². The van der Waals surface area contributed by atoms with E-state index in [0.29, 0.717) is 31.0 Å². The van der Waals surface area contributed by atoms with Crippen molar-refractivity contribution in [3.63, 3.8) is 0 Å². The number of nitrogens with one attached hydrogen (secondary N) is 2. The van der Waals surface area contributed by atoms with Gasteiger partial charge in [0.25, 0.3) is 5.91 Å².